The zero-order chi connectivity index (χ0) is 16.4. The molecule has 1 atom stereocenters. The van der Waals surface area contributed by atoms with Crippen molar-refractivity contribution >= 4 is 17.7 Å². The predicted octanol–water partition coefficient (Wildman–Crippen LogP) is 2.51. The van der Waals surface area contributed by atoms with Gasteiger partial charge in [0.05, 0.1) is 11.1 Å². The lowest BCUT2D eigenvalue weighted by atomic mass is 10.1. The van der Waals surface area contributed by atoms with Crippen LogP contribution in [0, 0.1) is 0 Å². The van der Waals surface area contributed by atoms with E-state index >= 15 is 0 Å². The molecule has 1 fully saturated rings. The van der Waals surface area contributed by atoms with Gasteiger partial charge in [0.2, 0.25) is 5.91 Å². The monoisotopic (exact) mass is 314 g/mol. The topological polar surface area (TPSA) is 66.5 Å². The maximum absolute atomic E-state index is 12.5. The lowest BCUT2D eigenvalue weighted by molar-refractivity contribution is -0.125. The molecule has 1 aromatic rings. The molecule has 23 heavy (non-hydrogen) atoms. The van der Waals surface area contributed by atoms with Crippen LogP contribution in [-0.2, 0) is 4.79 Å². The van der Waals surface area contributed by atoms with E-state index < -0.39 is 6.04 Å². The Morgan fingerprint density at radius 2 is 1.57 bits per heavy atom. The number of hydrogen-bond acceptors (Lipinski definition) is 3. The summed E-state index contributed by atoms with van der Waals surface area (Å²) in [6.07, 6.45) is 6.60. The van der Waals surface area contributed by atoms with E-state index in [9.17, 15) is 14.4 Å². The smallest absolute Gasteiger partial charge is 0.262 e. The van der Waals surface area contributed by atoms with Crippen LogP contribution in [0.3, 0.4) is 0 Å². The van der Waals surface area contributed by atoms with Crippen molar-refractivity contribution in [2.75, 3.05) is 0 Å². The standard InChI is InChI=1S/C18H22N2O3/c1-12(16(21)19-13-8-4-2-3-5-9-13)20-17(22)14-10-6-7-11-15(14)18(20)23/h6-7,10-13H,2-5,8-9H2,1H3,(H,19,21)/t12-/m0/s1. The van der Waals surface area contributed by atoms with E-state index in [4.69, 9.17) is 0 Å². The van der Waals surface area contributed by atoms with Gasteiger partial charge < -0.3 is 5.32 Å². The third-order valence-corrected chi connectivity index (χ3v) is 4.79. The van der Waals surface area contributed by atoms with Gasteiger partial charge in [0.1, 0.15) is 6.04 Å². The summed E-state index contributed by atoms with van der Waals surface area (Å²) in [5.74, 6) is -1.00. The Morgan fingerprint density at radius 3 is 2.09 bits per heavy atom. The fourth-order valence-electron chi connectivity index (χ4n) is 3.42. The van der Waals surface area contributed by atoms with Gasteiger partial charge in [-0.3, -0.25) is 19.3 Å². The molecule has 1 aliphatic carbocycles. The summed E-state index contributed by atoms with van der Waals surface area (Å²) in [4.78, 5) is 38.4. The maximum atomic E-state index is 12.5. The number of benzene rings is 1. The van der Waals surface area contributed by atoms with Crippen molar-refractivity contribution in [1.29, 1.82) is 0 Å². The highest BCUT2D eigenvalue weighted by Crippen LogP contribution is 2.25. The lowest BCUT2D eigenvalue weighted by Gasteiger charge is -2.24. The number of nitrogens with one attached hydrogen (secondary N) is 1. The molecule has 3 amide bonds. The van der Waals surface area contributed by atoms with Crippen LogP contribution in [-0.4, -0.2) is 34.7 Å². The normalized spacial score (nSPS) is 20.1. The number of imide groups is 1. The van der Waals surface area contributed by atoms with Crippen LogP contribution in [0.25, 0.3) is 0 Å². The molecule has 0 bridgehead atoms. The van der Waals surface area contributed by atoms with Crippen molar-refractivity contribution in [1.82, 2.24) is 10.2 Å². The van der Waals surface area contributed by atoms with Gasteiger partial charge in [0.15, 0.2) is 0 Å². The Kier molecular flexibility index (Phi) is 4.46. The summed E-state index contributed by atoms with van der Waals surface area (Å²) >= 11 is 0. The van der Waals surface area contributed by atoms with E-state index in [1.54, 1.807) is 31.2 Å². The highest BCUT2D eigenvalue weighted by Gasteiger charge is 2.40. The van der Waals surface area contributed by atoms with Crippen molar-refractivity contribution in [3.63, 3.8) is 0 Å². The number of hydrogen-bond donors (Lipinski definition) is 1. The fourth-order valence-corrected chi connectivity index (χ4v) is 3.42. The highest BCUT2D eigenvalue weighted by molar-refractivity contribution is 6.22. The van der Waals surface area contributed by atoms with Crippen LogP contribution in [0.4, 0.5) is 0 Å². The van der Waals surface area contributed by atoms with Gasteiger partial charge in [-0.1, -0.05) is 37.8 Å². The van der Waals surface area contributed by atoms with Crippen LogP contribution in [0.1, 0.15) is 66.2 Å². The Labute approximate surface area is 136 Å². The first-order chi connectivity index (χ1) is 11.1. The van der Waals surface area contributed by atoms with E-state index in [0.29, 0.717) is 11.1 Å². The number of carbonyl (C=O) groups excluding carboxylic acids is 3. The van der Waals surface area contributed by atoms with Crippen LogP contribution >= 0.6 is 0 Å². The Morgan fingerprint density at radius 1 is 1.04 bits per heavy atom. The molecule has 5 heteroatoms. The van der Waals surface area contributed by atoms with Crippen molar-refractivity contribution in [3.05, 3.63) is 35.4 Å². The summed E-state index contributed by atoms with van der Waals surface area (Å²) < 4.78 is 0. The Balaban J connectivity index is 1.70. The molecule has 0 unspecified atom stereocenters. The number of fused-ring (bicyclic) bond motifs is 1. The number of carbonyl (C=O) groups is 3. The van der Waals surface area contributed by atoms with Crippen molar-refractivity contribution < 1.29 is 14.4 Å². The third kappa shape index (κ3) is 3.00. The van der Waals surface area contributed by atoms with E-state index in [0.717, 1.165) is 30.6 Å². The number of rotatable bonds is 3. The molecular formula is C18H22N2O3. The van der Waals surface area contributed by atoms with Gasteiger partial charge in [-0.2, -0.15) is 0 Å². The van der Waals surface area contributed by atoms with Crippen LogP contribution in [0.5, 0.6) is 0 Å². The molecule has 0 aromatic heterocycles. The minimum absolute atomic E-state index is 0.155. The molecule has 0 saturated heterocycles. The second-order valence-corrected chi connectivity index (χ2v) is 6.40. The van der Waals surface area contributed by atoms with E-state index in [1.807, 2.05) is 0 Å². The molecule has 1 saturated carbocycles. The van der Waals surface area contributed by atoms with Crippen LogP contribution in [0.2, 0.25) is 0 Å². The van der Waals surface area contributed by atoms with Crippen LogP contribution < -0.4 is 5.32 Å². The summed E-state index contributed by atoms with van der Waals surface area (Å²) in [6.45, 7) is 1.62. The second-order valence-electron chi connectivity index (χ2n) is 6.40. The first-order valence-electron chi connectivity index (χ1n) is 8.37. The van der Waals surface area contributed by atoms with Crippen molar-refractivity contribution in [2.45, 2.75) is 57.5 Å². The minimum atomic E-state index is -0.786. The molecule has 122 valence electrons. The molecule has 0 radical (unpaired) electrons. The SMILES string of the molecule is C[C@@H](C(=O)NC1CCCCCC1)N1C(=O)c2ccccc2C1=O. The molecule has 1 aliphatic heterocycles. The average molecular weight is 314 g/mol. The van der Waals surface area contributed by atoms with Gasteiger partial charge in [0.25, 0.3) is 11.8 Å². The molecular weight excluding hydrogens is 292 g/mol. The summed E-state index contributed by atoms with van der Waals surface area (Å²) in [7, 11) is 0. The Hall–Kier alpha value is -2.17. The average Bonchev–Trinajstić information content (AvgIpc) is 2.74. The van der Waals surface area contributed by atoms with Crippen LogP contribution in [0.15, 0.2) is 24.3 Å². The summed E-state index contributed by atoms with van der Waals surface area (Å²) in [6, 6.07) is 6.08. The van der Waals surface area contributed by atoms with Gasteiger partial charge >= 0.3 is 0 Å². The molecule has 0 spiro atoms. The van der Waals surface area contributed by atoms with Crippen molar-refractivity contribution in [2.24, 2.45) is 0 Å². The Bertz CT molecular complexity index is 598. The molecule has 1 N–H and O–H groups in total. The van der Waals surface area contributed by atoms with E-state index in [-0.39, 0.29) is 23.8 Å². The zero-order valence-electron chi connectivity index (χ0n) is 13.4. The molecule has 2 aliphatic rings. The zero-order valence-corrected chi connectivity index (χ0v) is 13.4. The molecule has 1 aromatic carbocycles. The largest absolute Gasteiger partial charge is 0.352 e. The van der Waals surface area contributed by atoms with Gasteiger partial charge in [-0.05, 0) is 31.9 Å². The third-order valence-electron chi connectivity index (χ3n) is 4.79. The minimum Gasteiger partial charge on any atom is -0.352 e. The fraction of sp³-hybridized carbons (Fsp3) is 0.500. The molecule has 1 heterocycles. The van der Waals surface area contributed by atoms with Crippen molar-refractivity contribution in [3.8, 4) is 0 Å². The predicted molar refractivity (Wildman–Crippen MR) is 86.0 cm³/mol. The van der Waals surface area contributed by atoms with E-state index in [1.165, 1.54) is 12.8 Å². The summed E-state index contributed by atoms with van der Waals surface area (Å²) in [5, 5.41) is 3.02. The number of nitrogens with zero attached hydrogens (tertiary/aromatic N) is 1. The number of amides is 3. The van der Waals surface area contributed by atoms with Gasteiger partial charge in [0, 0.05) is 6.04 Å². The second kappa shape index (κ2) is 6.52. The molecule has 5 nitrogen and oxygen atoms in total. The first-order valence-corrected chi connectivity index (χ1v) is 8.37. The quantitative estimate of drug-likeness (QED) is 0.688. The molecule has 3 rings (SSSR count). The summed E-state index contributed by atoms with van der Waals surface area (Å²) in [5.41, 5.74) is 0.762. The van der Waals surface area contributed by atoms with E-state index in [2.05, 4.69) is 5.32 Å². The van der Waals surface area contributed by atoms with Gasteiger partial charge in [-0.25, -0.2) is 0 Å². The highest BCUT2D eigenvalue weighted by atomic mass is 16.2. The first kappa shape index (κ1) is 15.7. The van der Waals surface area contributed by atoms with Gasteiger partial charge in [-0.15, -0.1) is 0 Å². The lowest BCUT2D eigenvalue weighted by Crippen LogP contribution is -2.50. The maximum Gasteiger partial charge on any atom is 0.262 e.